The maximum atomic E-state index is 11.9. The second kappa shape index (κ2) is 4.73. The fourth-order valence-corrected chi connectivity index (χ4v) is 2.53. The van der Waals surface area contributed by atoms with Crippen molar-refractivity contribution in [1.29, 1.82) is 5.26 Å². The zero-order chi connectivity index (χ0) is 13.2. The van der Waals surface area contributed by atoms with Crippen LogP contribution in [0.5, 0.6) is 0 Å². The van der Waals surface area contributed by atoms with E-state index in [0.717, 1.165) is 18.8 Å². The average molecular weight is 254 g/mol. The third kappa shape index (κ3) is 2.17. The van der Waals surface area contributed by atoms with Gasteiger partial charge in [-0.15, -0.1) is 0 Å². The van der Waals surface area contributed by atoms with Crippen LogP contribution in [0.4, 0.5) is 5.69 Å². The molecule has 0 aliphatic carbocycles. The quantitative estimate of drug-likeness (QED) is 0.842. The van der Waals surface area contributed by atoms with E-state index in [1.807, 2.05) is 24.3 Å². The summed E-state index contributed by atoms with van der Waals surface area (Å²) in [7, 11) is 0. The van der Waals surface area contributed by atoms with E-state index >= 15 is 0 Å². The lowest BCUT2D eigenvalue weighted by atomic mass is 10.1. The lowest BCUT2D eigenvalue weighted by Crippen LogP contribution is -2.29. The maximum absolute atomic E-state index is 11.9. The summed E-state index contributed by atoms with van der Waals surface area (Å²) in [6.07, 6.45) is 3.66. The summed E-state index contributed by atoms with van der Waals surface area (Å²) < 4.78 is 0. The molecule has 0 saturated carbocycles. The minimum Gasteiger partial charge on any atom is -0.372 e. The molecule has 1 aromatic carbocycles. The third-order valence-corrected chi connectivity index (χ3v) is 3.52. The summed E-state index contributed by atoms with van der Waals surface area (Å²) in [4.78, 5) is 20.8. The van der Waals surface area contributed by atoms with Crippen LogP contribution in [0, 0.1) is 11.3 Å². The molecule has 0 radical (unpaired) electrons. The van der Waals surface area contributed by atoms with E-state index < -0.39 is 0 Å². The molecule has 96 valence electrons. The molecule has 0 unspecified atom stereocenters. The molecule has 1 saturated heterocycles. The molecule has 1 aromatic heterocycles. The Bertz CT molecular complexity index is 707. The van der Waals surface area contributed by atoms with Gasteiger partial charge in [0.2, 0.25) is 5.82 Å². The van der Waals surface area contributed by atoms with E-state index in [1.54, 1.807) is 0 Å². The first-order valence-corrected chi connectivity index (χ1v) is 6.47. The van der Waals surface area contributed by atoms with E-state index in [9.17, 15) is 4.79 Å². The zero-order valence-corrected chi connectivity index (χ0v) is 10.5. The largest absolute Gasteiger partial charge is 0.372 e. The number of fused-ring (bicyclic) bond motifs is 1. The van der Waals surface area contributed by atoms with Crippen molar-refractivity contribution in [2.45, 2.75) is 19.3 Å². The lowest BCUT2D eigenvalue weighted by Gasteiger charge is -2.28. The molecule has 5 heteroatoms. The molecule has 3 rings (SSSR count). The summed E-state index contributed by atoms with van der Waals surface area (Å²) in [5, 5.41) is 9.33. The van der Waals surface area contributed by atoms with Gasteiger partial charge in [0.25, 0.3) is 5.56 Å². The Morgan fingerprint density at radius 1 is 1.26 bits per heavy atom. The number of H-pyrrole nitrogens is 1. The van der Waals surface area contributed by atoms with Gasteiger partial charge in [0.1, 0.15) is 6.07 Å². The highest BCUT2D eigenvalue weighted by Crippen LogP contribution is 2.22. The standard InChI is InChI=1S/C14H14N4O/c15-9-13-16-12-5-4-10(8-11(12)14(19)17-13)18-6-2-1-3-7-18/h4-5,8H,1-3,6-7H2,(H,16,17,19). The first kappa shape index (κ1) is 11.7. The van der Waals surface area contributed by atoms with E-state index in [4.69, 9.17) is 5.26 Å². The fourth-order valence-electron chi connectivity index (χ4n) is 2.53. The number of hydrogen-bond donors (Lipinski definition) is 1. The Morgan fingerprint density at radius 2 is 2.05 bits per heavy atom. The number of nitrogens with zero attached hydrogens (tertiary/aromatic N) is 3. The second-order valence-electron chi connectivity index (χ2n) is 4.78. The van der Waals surface area contributed by atoms with Gasteiger partial charge < -0.3 is 4.90 Å². The van der Waals surface area contributed by atoms with Crippen LogP contribution < -0.4 is 10.5 Å². The van der Waals surface area contributed by atoms with Crippen LogP contribution in [0.15, 0.2) is 23.0 Å². The van der Waals surface area contributed by atoms with Crippen molar-refractivity contribution in [2.75, 3.05) is 18.0 Å². The molecule has 1 fully saturated rings. The number of piperidine rings is 1. The van der Waals surface area contributed by atoms with Gasteiger partial charge in [0.05, 0.1) is 10.9 Å². The van der Waals surface area contributed by atoms with Crippen LogP contribution in [-0.4, -0.2) is 23.1 Å². The van der Waals surface area contributed by atoms with Crippen molar-refractivity contribution in [2.24, 2.45) is 0 Å². The molecule has 5 nitrogen and oxygen atoms in total. The average Bonchev–Trinajstić information content (AvgIpc) is 2.47. The third-order valence-electron chi connectivity index (χ3n) is 3.52. The summed E-state index contributed by atoms with van der Waals surface area (Å²) >= 11 is 0. The van der Waals surface area contributed by atoms with Crippen molar-refractivity contribution in [3.05, 3.63) is 34.4 Å². The SMILES string of the molecule is N#Cc1nc2ccc(N3CCCCC3)cc2c(=O)[nH]1. The van der Waals surface area contributed by atoms with Crippen LogP contribution in [0.2, 0.25) is 0 Å². The van der Waals surface area contributed by atoms with Crippen LogP contribution in [0.3, 0.4) is 0 Å². The van der Waals surface area contributed by atoms with Gasteiger partial charge in [-0.25, -0.2) is 4.98 Å². The van der Waals surface area contributed by atoms with Gasteiger partial charge in [-0.3, -0.25) is 9.78 Å². The highest BCUT2D eigenvalue weighted by atomic mass is 16.1. The summed E-state index contributed by atoms with van der Waals surface area (Å²) in [5.74, 6) is 0.0585. The first-order chi connectivity index (χ1) is 9.28. The minimum absolute atomic E-state index is 0.0585. The first-order valence-electron chi connectivity index (χ1n) is 6.47. The predicted molar refractivity (Wildman–Crippen MR) is 73.1 cm³/mol. The number of rotatable bonds is 1. The Balaban J connectivity index is 2.08. The van der Waals surface area contributed by atoms with E-state index in [0.29, 0.717) is 10.9 Å². The van der Waals surface area contributed by atoms with Crippen molar-refractivity contribution >= 4 is 16.6 Å². The topological polar surface area (TPSA) is 72.8 Å². The van der Waals surface area contributed by atoms with E-state index in [2.05, 4.69) is 14.9 Å². The van der Waals surface area contributed by atoms with E-state index in [1.165, 1.54) is 19.3 Å². The molecular weight excluding hydrogens is 240 g/mol. The molecule has 1 aliphatic heterocycles. The number of nitrogens with one attached hydrogen (secondary N) is 1. The molecule has 0 atom stereocenters. The van der Waals surface area contributed by atoms with Gasteiger partial charge in [-0.1, -0.05) is 0 Å². The molecule has 2 aromatic rings. The number of nitriles is 1. The smallest absolute Gasteiger partial charge is 0.259 e. The number of aromatic nitrogens is 2. The molecule has 0 bridgehead atoms. The summed E-state index contributed by atoms with van der Waals surface area (Å²) in [6.45, 7) is 2.07. The molecule has 19 heavy (non-hydrogen) atoms. The number of hydrogen-bond acceptors (Lipinski definition) is 4. The van der Waals surface area contributed by atoms with Crippen molar-refractivity contribution in [1.82, 2.24) is 9.97 Å². The van der Waals surface area contributed by atoms with Crippen LogP contribution in [-0.2, 0) is 0 Å². The van der Waals surface area contributed by atoms with Gasteiger partial charge in [0.15, 0.2) is 0 Å². The van der Waals surface area contributed by atoms with E-state index in [-0.39, 0.29) is 11.4 Å². The van der Waals surface area contributed by atoms with Crippen molar-refractivity contribution < 1.29 is 0 Å². The Hall–Kier alpha value is -2.35. The van der Waals surface area contributed by atoms with Crippen LogP contribution >= 0.6 is 0 Å². The molecular formula is C14H14N4O. The maximum Gasteiger partial charge on any atom is 0.259 e. The fraction of sp³-hybridized carbons (Fsp3) is 0.357. The van der Waals surface area contributed by atoms with Gasteiger partial charge in [0, 0.05) is 18.8 Å². The van der Waals surface area contributed by atoms with Crippen LogP contribution in [0.25, 0.3) is 10.9 Å². The molecule has 1 N–H and O–H groups in total. The zero-order valence-electron chi connectivity index (χ0n) is 10.5. The van der Waals surface area contributed by atoms with Crippen molar-refractivity contribution in [3.63, 3.8) is 0 Å². The lowest BCUT2D eigenvalue weighted by molar-refractivity contribution is 0.578. The second-order valence-corrected chi connectivity index (χ2v) is 4.78. The van der Waals surface area contributed by atoms with Gasteiger partial charge in [-0.2, -0.15) is 5.26 Å². The van der Waals surface area contributed by atoms with Crippen molar-refractivity contribution in [3.8, 4) is 6.07 Å². The highest BCUT2D eigenvalue weighted by Gasteiger charge is 2.12. The molecule has 1 aliphatic rings. The minimum atomic E-state index is -0.250. The van der Waals surface area contributed by atoms with Crippen LogP contribution in [0.1, 0.15) is 25.1 Å². The molecule has 0 amide bonds. The Labute approximate surface area is 110 Å². The molecule has 2 heterocycles. The normalized spacial score (nSPS) is 15.4. The predicted octanol–water partition coefficient (Wildman–Crippen LogP) is 1.79. The molecule has 0 spiro atoms. The Morgan fingerprint density at radius 3 is 2.79 bits per heavy atom. The van der Waals surface area contributed by atoms with Gasteiger partial charge >= 0.3 is 0 Å². The number of anilines is 1. The number of benzene rings is 1. The monoisotopic (exact) mass is 254 g/mol. The van der Waals surface area contributed by atoms with Gasteiger partial charge in [-0.05, 0) is 37.5 Å². The number of aromatic amines is 1. The highest BCUT2D eigenvalue weighted by molar-refractivity contribution is 5.82. The summed E-state index contributed by atoms with van der Waals surface area (Å²) in [6, 6.07) is 7.52. The summed E-state index contributed by atoms with van der Waals surface area (Å²) in [5.41, 5.74) is 1.38. The Kier molecular flexibility index (Phi) is 2.92.